The van der Waals surface area contributed by atoms with Crippen LogP contribution in [0.1, 0.15) is 19.8 Å². The number of hydrogen-bond donors (Lipinski definition) is 1. The van der Waals surface area contributed by atoms with E-state index in [0.29, 0.717) is 13.2 Å². The second kappa shape index (κ2) is 6.93. The van der Waals surface area contributed by atoms with Gasteiger partial charge in [-0.05, 0) is 26.8 Å². The standard InChI is InChI=1S/C12H25N3O2/c1-10(12(16)15-6-4-5-7-15)14(2)8-11(13)9-17-3/h10-11H,4-9,13H2,1-3H3. The third-order valence-corrected chi connectivity index (χ3v) is 3.34. The molecule has 17 heavy (non-hydrogen) atoms. The van der Waals surface area contributed by atoms with Crippen LogP contribution in [0.2, 0.25) is 0 Å². The van der Waals surface area contributed by atoms with Crippen LogP contribution in [0.25, 0.3) is 0 Å². The first-order valence-electron chi connectivity index (χ1n) is 6.29. The molecule has 2 atom stereocenters. The quantitative estimate of drug-likeness (QED) is 0.708. The highest BCUT2D eigenvalue weighted by atomic mass is 16.5. The summed E-state index contributed by atoms with van der Waals surface area (Å²) in [5, 5.41) is 0. The molecular formula is C12H25N3O2. The number of methoxy groups -OCH3 is 1. The van der Waals surface area contributed by atoms with Crippen molar-refractivity contribution in [2.24, 2.45) is 5.73 Å². The molecule has 1 fully saturated rings. The summed E-state index contributed by atoms with van der Waals surface area (Å²) in [6, 6.07) is -0.144. The molecule has 0 saturated carbocycles. The summed E-state index contributed by atoms with van der Waals surface area (Å²) in [5.41, 5.74) is 5.88. The molecule has 1 saturated heterocycles. The lowest BCUT2D eigenvalue weighted by Crippen LogP contribution is -2.49. The number of likely N-dealkylation sites (N-methyl/N-ethyl adjacent to an activating group) is 1. The molecule has 0 bridgehead atoms. The largest absolute Gasteiger partial charge is 0.383 e. The highest BCUT2D eigenvalue weighted by Gasteiger charge is 2.26. The minimum absolute atomic E-state index is 0.0428. The Balaban J connectivity index is 2.39. The van der Waals surface area contributed by atoms with Gasteiger partial charge in [0.1, 0.15) is 0 Å². The van der Waals surface area contributed by atoms with Gasteiger partial charge in [0.2, 0.25) is 5.91 Å². The fraction of sp³-hybridized carbons (Fsp3) is 0.917. The van der Waals surface area contributed by atoms with Gasteiger partial charge < -0.3 is 15.4 Å². The number of nitrogens with two attached hydrogens (primary N) is 1. The Morgan fingerprint density at radius 1 is 1.47 bits per heavy atom. The van der Waals surface area contributed by atoms with Crippen LogP contribution in [0.3, 0.4) is 0 Å². The first kappa shape index (κ1) is 14.4. The first-order valence-corrected chi connectivity index (χ1v) is 6.29. The van der Waals surface area contributed by atoms with Gasteiger partial charge in [-0.1, -0.05) is 0 Å². The Morgan fingerprint density at radius 3 is 2.59 bits per heavy atom. The van der Waals surface area contributed by atoms with Gasteiger partial charge in [-0.25, -0.2) is 0 Å². The topological polar surface area (TPSA) is 58.8 Å². The van der Waals surface area contributed by atoms with Crippen LogP contribution >= 0.6 is 0 Å². The predicted octanol–water partition coefficient (Wildman–Crippen LogP) is -0.0972. The number of carbonyl (C=O) groups is 1. The fourth-order valence-electron chi connectivity index (χ4n) is 2.19. The summed E-state index contributed by atoms with van der Waals surface area (Å²) < 4.78 is 5.00. The number of hydrogen-bond acceptors (Lipinski definition) is 4. The van der Waals surface area contributed by atoms with Crippen LogP contribution in [0.5, 0.6) is 0 Å². The van der Waals surface area contributed by atoms with Crippen molar-refractivity contribution in [3.05, 3.63) is 0 Å². The lowest BCUT2D eigenvalue weighted by atomic mass is 10.2. The first-order chi connectivity index (χ1) is 8.06. The van der Waals surface area contributed by atoms with Crippen molar-refractivity contribution < 1.29 is 9.53 Å². The van der Waals surface area contributed by atoms with E-state index < -0.39 is 0 Å². The minimum atomic E-state index is -0.101. The van der Waals surface area contributed by atoms with Gasteiger partial charge in [0.05, 0.1) is 12.6 Å². The minimum Gasteiger partial charge on any atom is -0.383 e. The molecule has 5 heteroatoms. The average molecular weight is 243 g/mol. The lowest BCUT2D eigenvalue weighted by Gasteiger charge is -2.29. The van der Waals surface area contributed by atoms with Crippen molar-refractivity contribution in [2.45, 2.75) is 31.8 Å². The molecule has 100 valence electrons. The smallest absolute Gasteiger partial charge is 0.239 e. The highest BCUT2D eigenvalue weighted by Crippen LogP contribution is 2.11. The van der Waals surface area contributed by atoms with E-state index >= 15 is 0 Å². The fourth-order valence-corrected chi connectivity index (χ4v) is 2.19. The van der Waals surface area contributed by atoms with Gasteiger partial charge in [0.25, 0.3) is 0 Å². The number of ether oxygens (including phenoxy) is 1. The average Bonchev–Trinajstić information content (AvgIpc) is 2.80. The number of amides is 1. The van der Waals surface area contributed by atoms with Crippen LogP contribution in [-0.2, 0) is 9.53 Å². The van der Waals surface area contributed by atoms with Crippen molar-refractivity contribution >= 4 is 5.91 Å². The summed E-state index contributed by atoms with van der Waals surface area (Å²) in [7, 11) is 3.58. The van der Waals surface area contributed by atoms with Crippen molar-refractivity contribution in [2.75, 3.05) is 40.4 Å². The van der Waals surface area contributed by atoms with Crippen molar-refractivity contribution in [3.63, 3.8) is 0 Å². The van der Waals surface area contributed by atoms with Crippen LogP contribution < -0.4 is 5.73 Å². The van der Waals surface area contributed by atoms with E-state index in [9.17, 15) is 4.79 Å². The van der Waals surface area contributed by atoms with E-state index in [2.05, 4.69) is 0 Å². The molecule has 0 aliphatic carbocycles. The van der Waals surface area contributed by atoms with E-state index in [4.69, 9.17) is 10.5 Å². The van der Waals surface area contributed by atoms with Crippen LogP contribution in [0, 0.1) is 0 Å². The Morgan fingerprint density at radius 2 is 2.06 bits per heavy atom. The third-order valence-electron chi connectivity index (χ3n) is 3.34. The van der Waals surface area contributed by atoms with Gasteiger partial charge >= 0.3 is 0 Å². The van der Waals surface area contributed by atoms with Crippen LogP contribution in [0.15, 0.2) is 0 Å². The normalized spacial score (nSPS) is 19.7. The van der Waals surface area contributed by atoms with E-state index in [1.165, 1.54) is 0 Å². The molecule has 2 N–H and O–H groups in total. The predicted molar refractivity (Wildman–Crippen MR) is 67.8 cm³/mol. The summed E-state index contributed by atoms with van der Waals surface area (Å²) in [6.07, 6.45) is 2.26. The van der Waals surface area contributed by atoms with Crippen molar-refractivity contribution in [3.8, 4) is 0 Å². The van der Waals surface area contributed by atoms with Crippen LogP contribution in [-0.4, -0.2) is 68.2 Å². The molecule has 0 aromatic heterocycles. The maximum absolute atomic E-state index is 12.1. The van der Waals surface area contributed by atoms with E-state index in [-0.39, 0.29) is 18.0 Å². The monoisotopic (exact) mass is 243 g/mol. The third kappa shape index (κ3) is 4.26. The summed E-state index contributed by atoms with van der Waals surface area (Å²) in [6.45, 7) is 4.95. The van der Waals surface area contributed by atoms with Gasteiger partial charge in [0, 0.05) is 32.8 Å². The maximum atomic E-state index is 12.1. The van der Waals surface area contributed by atoms with Crippen molar-refractivity contribution in [1.29, 1.82) is 0 Å². The second-order valence-electron chi connectivity index (χ2n) is 4.86. The summed E-state index contributed by atoms with van der Waals surface area (Å²) >= 11 is 0. The zero-order chi connectivity index (χ0) is 12.8. The number of rotatable bonds is 6. The molecule has 1 aliphatic heterocycles. The van der Waals surface area contributed by atoms with E-state index in [1.807, 2.05) is 23.8 Å². The zero-order valence-corrected chi connectivity index (χ0v) is 11.2. The van der Waals surface area contributed by atoms with Gasteiger partial charge in [0.15, 0.2) is 0 Å². The molecule has 0 radical (unpaired) electrons. The lowest BCUT2D eigenvalue weighted by molar-refractivity contribution is -0.134. The van der Waals surface area contributed by atoms with Gasteiger partial charge in [-0.3, -0.25) is 9.69 Å². The van der Waals surface area contributed by atoms with Crippen LogP contribution in [0.4, 0.5) is 0 Å². The Bertz CT molecular complexity index is 242. The molecule has 1 heterocycles. The highest BCUT2D eigenvalue weighted by molar-refractivity contribution is 5.81. The maximum Gasteiger partial charge on any atom is 0.239 e. The molecule has 0 aromatic carbocycles. The summed E-state index contributed by atoms with van der Waals surface area (Å²) in [4.78, 5) is 16.1. The van der Waals surface area contributed by atoms with E-state index in [0.717, 1.165) is 25.9 Å². The molecule has 5 nitrogen and oxygen atoms in total. The molecule has 2 unspecified atom stereocenters. The zero-order valence-electron chi connectivity index (χ0n) is 11.2. The van der Waals surface area contributed by atoms with Gasteiger partial charge in [-0.2, -0.15) is 0 Å². The molecule has 1 rings (SSSR count). The number of nitrogens with zero attached hydrogens (tertiary/aromatic N) is 2. The Kier molecular flexibility index (Phi) is 5.88. The molecule has 1 aliphatic rings. The molecule has 0 aromatic rings. The number of carbonyl (C=O) groups excluding carboxylic acids is 1. The molecule has 1 amide bonds. The van der Waals surface area contributed by atoms with Crippen molar-refractivity contribution in [1.82, 2.24) is 9.80 Å². The molecular weight excluding hydrogens is 218 g/mol. The Labute approximate surface area is 104 Å². The van der Waals surface area contributed by atoms with Gasteiger partial charge in [-0.15, -0.1) is 0 Å². The SMILES string of the molecule is COCC(N)CN(C)C(C)C(=O)N1CCCC1. The number of likely N-dealkylation sites (tertiary alicyclic amines) is 1. The van der Waals surface area contributed by atoms with E-state index in [1.54, 1.807) is 7.11 Å². The molecule has 0 spiro atoms. The Hall–Kier alpha value is -0.650. The second-order valence-corrected chi connectivity index (χ2v) is 4.86. The summed E-state index contributed by atoms with van der Waals surface area (Å²) in [5.74, 6) is 0.217.